The van der Waals surface area contributed by atoms with Crippen LogP contribution in [0.15, 0.2) is 22.7 Å². The van der Waals surface area contributed by atoms with E-state index in [1.807, 2.05) is 30.0 Å². The van der Waals surface area contributed by atoms with Gasteiger partial charge in [0.05, 0.1) is 0 Å². The second-order valence-electron chi connectivity index (χ2n) is 3.26. The van der Waals surface area contributed by atoms with Crippen LogP contribution in [0.25, 0.3) is 0 Å². The van der Waals surface area contributed by atoms with Crippen LogP contribution in [0.5, 0.6) is 0 Å². The smallest absolute Gasteiger partial charge is 0.0410 e. The third kappa shape index (κ3) is 5.25. The van der Waals surface area contributed by atoms with Gasteiger partial charge < -0.3 is 5.32 Å². The van der Waals surface area contributed by atoms with E-state index in [0.717, 1.165) is 22.6 Å². The molecule has 1 rings (SSSR count). The number of halogens is 2. The number of hydrogen-bond donors (Lipinski definition) is 1. The van der Waals surface area contributed by atoms with E-state index in [2.05, 4.69) is 27.5 Å². The average Bonchev–Trinajstić information content (AvgIpc) is 2.23. The molecule has 1 aromatic rings. The lowest BCUT2D eigenvalue weighted by molar-refractivity contribution is 0.677. The van der Waals surface area contributed by atoms with Crippen LogP contribution in [0.4, 0.5) is 0 Å². The van der Waals surface area contributed by atoms with Crippen molar-refractivity contribution in [1.29, 1.82) is 0 Å². The molecule has 1 N–H and O–H groups in total. The van der Waals surface area contributed by atoms with Gasteiger partial charge in [0.15, 0.2) is 0 Å². The standard InChI is InChI=1S/C11H15BrClNS/c1-15-6-2-5-14-8-9-7-10(13)3-4-11(9)12/h3-4,7,14H,2,5-6,8H2,1H3. The molecule has 0 heterocycles. The van der Waals surface area contributed by atoms with Crippen LogP contribution in [0.3, 0.4) is 0 Å². The fourth-order valence-electron chi connectivity index (χ4n) is 1.24. The lowest BCUT2D eigenvalue weighted by atomic mass is 10.2. The first kappa shape index (κ1) is 13.4. The predicted octanol–water partition coefficient (Wildman–Crippen LogP) is 3.95. The van der Waals surface area contributed by atoms with Crippen LogP contribution in [-0.2, 0) is 6.54 Å². The average molecular weight is 309 g/mol. The first-order chi connectivity index (χ1) is 7.24. The van der Waals surface area contributed by atoms with E-state index in [1.165, 1.54) is 17.7 Å². The quantitative estimate of drug-likeness (QED) is 0.799. The fraction of sp³-hybridized carbons (Fsp3) is 0.455. The summed E-state index contributed by atoms with van der Waals surface area (Å²) in [5.74, 6) is 1.21. The van der Waals surface area contributed by atoms with E-state index in [4.69, 9.17) is 11.6 Å². The van der Waals surface area contributed by atoms with Gasteiger partial charge in [-0.1, -0.05) is 27.5 Å². The van der Waals surface area contributed by atoms with Crippen LogP contribution in [0.2, 0.25) is 5.02 Å². The van der Waals surface area contributed by atoms with Crippen molar-refractivity contribution in [3.8, 4) is 0 Å². The number of nitrogens with one attached hydrogen (secondary N) is 1. The summed E-state index contributed by atoms with van der Waals surface area (Å²) in [5.41, 5.74) is 1.21. The molecule has 0 spiro atoms. The van der Waals surface area contributed by atoms with Crippen LogP contribution in [0.1, 0.15) is 12.0 Å². The third-order valence-electron chi connectivity index (χ3n) is 2.03. The molecule has 0 fully saturated rings. The highest BCUT2D eigenvalue weighted by Crippen LogP contribution is 2.20. The summed E-state index contributed by atoms with van der Waals surface area (Å²) in [7, 11) is 0. The van der Waals surface area contributed by atoms with Crippen molar-refractivity contribution in [1.82, 2.24) is 5.32 Å². The molecule has 15 heavy (non-hydrogen) atoms. The second kappa shape index (κ2) is 7.55. The lowest BCUT2D eigenvalue weighted by Crippen LogP contribution is -2.15. The van der Waals surface area contributed by atoms with Crippen molar-refractivity contribution >= 4 is 39.3 Å². The lowest BCUT2D eigenvalue weighted by Gasteiger charge is -2.06. The monoisotopic (exact) mass is 307 g/mol. The van der Waals surface area contributed by atoms with E-state index in [9.17, 15) is 0 Å². The van der Waals surface area contributed by atoms with Gasteiger partial charge in [0.2, 0.25) is 0 Å². The highest BCUT2D eigenvalue weighted by Gasteiger charge is 1.99. The largest absolute Gasteiger partial charge is 0.313 e. The van der Waals surface area contributed by atoms with Crippen LogP contribution < -0.4 is 5.32 Å². The summed E-state index contributed by atoms with van der Waals surface area (Å²) >= 11 is 11.3. The zero-order valence-corrected chi connectivity index (χ0v) is 11.9. The molecule has 0 atom stereocenters. The minimum absolute atomic E-state index is 0.791. The van der Waals surface area contributed by atoms with Gasteiger partial charge in [-0.3, -0.25) is 0 Å². The Hall–Kier alpha value is 0.300. The van der Waals surface area contributed by atoms with Crippen LogP contribution in [0, 0.1) is 0 Å². The molecule has 0 aromatic heterocycles. The zero-order chi connectivity index (χ0) is 11.1. The molecule has 0 aliphatic heterocycles. The number of hydrogen-bond acceptors (Lipinski definition) is 2. The highest BCUT2D eigenvalue weighted by atomic mass is 79.9. The maximum Gasteiger partial charge on any atom is 0.0410 e. The first-order valence-corrected chi connectivity index (χ1v) is 7.44. The van der Waals surface area contributed by atoms with Gasteiger partial charge in [-0.15, -0.1) is 0 Å². The van der Waals surface area contributed by atoms with Gasteiger partial charge in [-0.25, -0.2) is 0 Å². The second-order valence-corrected chi connectivity index (χ2v) is 5.54. The van der Waals surface area contributed by atoms with E-state index in [-0.39, 0.29) is 0 Å². The number of rotatable bonds is 6. The summed E-state index contributed by atoms with van der Waals surface area (Å²) < 4.78 is 1.12. The highest BCUT2D eigenvalue weighted by molar-refractivity contribution is 9.10. The van der Waals surface area contributed by atoms with E-state index in [1.54, 1.807) is 0 Å². The molecule has 0 saturated heterocycles. The van der Waals surface area contributed by atoms with Crippen molar-refractivity contribution in [2.45, 2.75) is 13.0 Å². The molecular weight excluding hydrogens is 294 g/mol. The van der Waals surface area contributed by atoms with Gasteiger partial charge in [0, 0.05) is 16.0 Å². The summed E-state index contributed by atoms with van der Waals surface area (Å²) in [6.07, 6.45) is 3.34. The molecule has 4 heteroatoms. The van der Waals surface area contributed by atoms with Gasteiger partial charge in [0.1, 0.15) is 0 Å². The molecule has 1 nitrogen and oxygen atoms in total. The van der Waals surface area contributed by atoms with Gasteiger partial charge in [-0.2, -0.15) is 11.8 Å². The van der Waals surface area contributed by atoms with Crippen molar-refractivity contribution in [3.05, 3.63) is 33.3 Å². The Bertz CT molecular complexity index is 307. The molecule has 0 saturated carbocycles. The summed E-state index contributed by atoms with van der Waals surface area (Å²) in [6, 6.07) is 5.87. The van der Waals surface area contributed by atoms with E-state index >= 15 is 0 Å². The first-order valence-electron chi connectivity index (χ1n) is 4.87. The molecule has 0 unspecified atom stereocenters. The third-order valence-corrected chi connectivity index (χ3v) is 3.73. The zero-order valence-electron chi connectivity index (χ0n) is 8.72. The molecule has 84 valence electrons. The number of thioether (sulfide) groups is 1. The molecule has 1 aromatic carbocycles. The Kier molecular flexibility index (Phi) is 6.73. The summed E-state index contributed by atoms with van der Waals surface area (Å²) in [5, 5.41) is 4.19. The Morgan fingerprint density at radius 1 is 1.47 bits per heavy atom. The molecule has 0 aliphatic carbocycles. The molecular formula is C11H15BrClNS. The Labute approximate surface area is 109 Å². The Morgan fingerprint density at radius 3 is 3.00 bits per heavy atom. The molecule has 0 aliphatic rings. The number of benzene rings is 1. The Balaban J connectivity index is 2.33. The molecule has 0 bridgehead atoms. The van der Waals surface area contributed by atoms with Crippen molar-refractivity contribution in [2.24, 2.45) is 0 Å². The van der Waals surface area contributed by atoms with Crippen LogP contribution in [-0.4, -0.2) is 18.6 Å². The van der Waals surface area contributed by atoms with Crippen molar-refractivity contribution < 1.29 is 0 Å². The van der Waals surface area contributed by atoms with Crippen molar-refractivity contribution in [2.75, 3.05) is 18.6 Å². The van der Waals surface area contributed by atoms with Crippen molar-refractivity contribution in [3.63, 3.8) is 0 Å². The van der Waals surface area contributed by atoms with Gasteiger partial charge in [-0.05, 0) is 48.7 Å². The Morgan fingerprint density at radius 2 is 2.27 bits per heavy atom. The summed E-state index contributed by atoms with van der Waals surface area (Å²) in [6.45, 7) is 1.93. The van der Waals surface area contributed by atoms with Gasteiger partial charge in [0.25, 0.3) is 0 Å². The summed E-state index contributed by atoms with van der Waals surface area (Å²) in [4.78, 5) is 0. The van der Waals surface area contributed by atoms with Gasteiger partial charge >= 0.3 is 0 Å². The fourth-order valence-corrected chi connectivity index (χ4v) is 2.26. The maximum atomic E-state index is 5.93. The normalized spacial score (nSPS) is 10.6. The predicted molar refractivity (Wildman–Crippen MR) is 73.9 cm³/mol. The molecule has 0 radical (unpaired) electrons. The minimum atomic E-state index is 0.791. The van der Waals surface area contributed by atoms with Crippen LogP contribution >= 0.6 is 39.3 Å². The topological polar surface area (TPSA) is 12.0 Å². The van der Waals surface area contributed by atoms with E-state index < -0.39 is 0 Å². The van der Waals surface area contributed by atoms with E-state index in [0.29, 0.717) is 0 Å². The molecule has 0 amide bonds. The SMILES string of the molecule is CSCCCNCc1cc(Cl)ccc1Br. The minimum Gasteiger partial charge on any atom is -0.313 e. The maximum absolute atomic E-state index is 5.93.